The lowest BCUT2D eigenvalue weighted by Gasteiger charge is -2.09. The Morgan fingerprint density at radius 2 is 2.04 bits per heavy atom. The Labute approximate surface area is 137 Å². The molecule has 0 bridgehead atoms. The van der Waals surface area contributed by atoms with Crippen LogP contribution in [0.3, 0.4) is 0 Å². The standard InChI is InChI=1S/C17H16N4O3/c1-24-17-7-6-12(10-18-17)20-16(23)8-9-21-14-5-3-2-4-13(14)15(22)11-19-21/h2-7,10-11H,8-9H2,1H3,(H,20,23). The Morgan fingerprint density at radius 3 is 2.79 bits per heavy atom. The molecule has 0 aliphatic rings. The smallest absolute Gasteiger partial charge is 0.226 e. The van der Waals surface area contributed by atoms with E-state index in [1.54, 1.807) is 28.9 Å². The van der Waals surface area contributed by atoms with Crippen LogP contribution in [0.2, 0.25) is 0 Å². The minimum atomic E-state index is -0.161. The van der Waals surface area contributed by atoms with Gasteiger partial charge in [-0.3, -0.25) is 14.3 Å². The largest absolute Gasteiger partial charge is 0.481 e. The molecule has 7 nitrogen and oxygen atoms in total. The van der Waals surface area contributed by atoms with Crippen molar-refractivity contribution in [2.75, 3.05) is 12.4 Å². The van der Waals surface area contributed by atoms with Gasteiger partial charge in [0.05, 0.1) is 37.3 Å². The molecule has 0 aliphatic heterocycles. The number of ether oxygens (including phenoxy) is 1. The van der Waals surface area contributed by atoms with E-state index in [1.807, 2.05) is 12.1 Å². The number of hydrogen-bond donors (Lipinski definition) is 1. The number of anilines is 1. The minimum Gasteiger partial charge on any atom is -0.481 e. The van der Waals surface area contributed by atoms with Crippen LogP contribution < -0.4 is 15.5 Å². The van der Waals surface area contributed by atoms with Crippen molar-refractivity contribution in [3.63, 3.8) is 0 Å². The molecule has 3 aromatic rings. The van der Waals surface area contributed by atoms with Gasteiger partial charge in [0, 0.05) is 17.9 Å². The summed E-state index contributed by atoms with van der Waals surface area (Å²) in [4.78, 5) is 27.9. The van der Waals surface area contributed by atoms with E-state index in [-0.39, 0.29) is 17.8 Å². The summed E-state index contributed by atoms with van der Waals surface area (Å²) in [5, 5.41) is 7.46. The summed E-state index contributed by atoms with van der Waals surface area (Å²) in [5.74, 6) is 0.323. The highest BCUT2D eigenvalue weighted by Gasteiger charge is 2.07. The first-order valence-corrected chi connectivity index (χ1v) is 7.42. The summed E-state index contributed by atoms with van der Waals surface area (Å²) in [6, 6.07) is 10.6. The fourth-order valence-corrected chi connectivity index (χ4v) is 2.35. The number of fused-ring (bicyclic) bond motifs is 1. The lowest BCUT2D eigenvalue weighted by Crippen LogP contribution is -2.18. The maximum Gasteiger partial charge on any atom is 0.226 e. The van der Waals surface area contributed by atoms with Crippen LogP contribution in [0, 0.1) is 0 Å². The number of aryl methyl sites for hydroxylation is 1. The second kappa shape index (κ2) is 6.91. The number of pyridine rings is 1. The maximum atomic E-state index is 12.1. The van der Waals surface area contributed by atoms with E-state index in [4.69, 9.17) is 4.74 Å². The average molecular weight is 324 g/mol. The van der Waals surface area contributed by atoms with Gasteiger partial charge >= 0.3 is 0 Å². The third kappa shape index (κ3) is 3.40. The van der Waals surface area contributed by atoms with Crippen LogP contribution in [0.5, 0.6) is 5.88 Å². The molecule has 24 heavy (non-hydrogen) atoms. The van der Waals surface area contributed by atoms with Gasteiger partial charge in [-0.1, -0.05) is 12.1 Å². The highest BCUT2D eigenvalue weighted by molar-refractivity contribution is 5.90. The topological polar surface area (TPSA) is 86.1 Å². The number of nitrogens with zero attached hydrogens (tertiary/aromatic N) is 3. The van der Waals surface area contributed by atoms with Gasteiger partial charge in [0.25, 0.3) is 0 Å². The first-order chi connectivity index (χ1) is 11.7. The zero-order valence-electron chi connectivity index (χ0n) is 13.1. The monoisotopic (exact) mass is 324 g/mol. The number of rotatable bonds is 5. The third-order valence-corrected chi connectivity index (χ3v) is 3.54. The fourth-order valence-electron chi connectivity index (χ4n) is 2.35. The molecule has 1 N–H and O–H groups in total. The van der Waals surface area contributed by atoms with E-state index in [9.17, 15) is 9.59 Å². The number of aromatic nitrogens is 3. The molecule has 0 aliphatic carbocycles. The Morgan fingerprint density at radius 1 is 1.21 bits per heavy atom. The van der Waals surface area contributed by atoms with Crippen molar-refractivity contribution < 1.29 is 9.53 Å². The third-order valence-electron chi connectivity index (χ3n) is 3.54. The average Bonchev–Trinajstić information content (AvgIpc) is 2.62. The van der Waals surface area contributed by atoms with E-state index in [0.29, 0.717) is 29.0 Å². The number of hydrogen-bond acceptors (Lipinski definition) is 5. The molecule has 2 heterocycles. The van der Waals surface area contributed by atoms with Crippen molar-refractivity contribution in [3.8, 4) is 5.88 Å². The lowest BCUT2D eigenvalue weighted by atomic mass is 10.2. The molecule has 0 fully saturated rings. The van der Waals surface area contributed by atoms with E-state index < -0.39 is 0 Å². The second-order valence-corrected chi connectivity index (χ2v) is 5.14. The lowest BCUT2D eigenvalue weighted by molar-refractivity contribution is -0.116. The molecular formula is C17H16N4O3. The molecule has 0 radical (unpaired) electrons. The predicted molar refractivity (Wildman–Crippen MR) is 90.0 cm³/mol. The first kappa shape index (κ1) is 15.7. The van der Waals surface area contributed by atoms with Gasteiger partial charge in [-0.05, 0) is 18.2 Å². The maximum absolute atomic E-state index is 12.1. The Hall–Kier alpha value is -3.22. The van der Waals surface area contributed by atoms with Gasteiger partial charge in [-0.15, -0.1) is 0 Å². The summed E-state index contributed by atoms with van der Waals surface area (Å²) in [6.07, 6.45) is 3.03. The Balaban J connectivity index is 1.68. The molecule has 7 heteroatoms. The van der Waals surface area contributed by atoms with Crippen LogP contribution in [0.25, 0.3) is 10.9 Å². The first-order valence-electron chi connectivity index (χ1n) is 7.42. The number of nitrogens with one attached hydrogen (secondary N) is 1. The number of carbonyl (C=O) groups excluding carboxylic acids is 1. The zero-order chi connectivity index (χ0) is 16.9. The quantitative estimate of drug-likeness (QED) is 0.774. The van der Waals surface area contributed by atoms with Crippen LogP contribution in [0.1, 0.15) is 6.42 Å². The Bertz CT molecular complexity index is 919. The summed E-state index contributed by atoms with van der Waals surface area (Å²) < 4.78 is 6.62. The number of para-hydroxylation sites is 1. The Kier molecular flexibility index (Phi) is 4.51. The van der Waals surface area contributed by atoms with Crippen LogP contribution in [-0.4, -0.2) is 27.8 Å². The van der Waals surface area contributed by atoms with Crippen molar-refractivity contribution in [2.45, 2.75) is 13.0 Å². The summed E-state index contributed by atoms with van der Waals surface area (Å²) in [6.45, 7) is 0.371. The van der Waals surface area contributed by atoms with Crippen LogP contribution in [0.4, 0.5) is 5.69 Å². The SMILES string of the molecule is COc1ccc(NC(=O)CCn2ncc(=O)c3ccccc32)cn1. The van der Waals surface area contributed by atoms with E-state index >= 15 is 0 Å². The van der Waals surface area contributed by atoms with Crippen molar-refractivity contribution in [2.24, 2.45) is 0 Å². The van der Waals surface area contributed by atoms with Crippen molar-refractivity contribution >= 4 is 22.5 Å². The van der Waals surface area contributed by atoms with E-state index in [1.165, 1.54) is 19.5 Å². The summed E-state index contributed by atoms with van der Waals surface area (Å²) >= 11 is 0. The van der Waals surface area contributed by atoms with Crippen LogP contribution >= 0.6 is 0 Å². The van der Waals surface area contributed by atoms with Gasteiger partial charge in [0.1, 0.15) is 0 Å². The van der Waals surface area contributed by atoms with E-state index in [2.05, 4.69) is 15.4 Å². The van der Waals surface area contributed by atoms with Crippen molar-refractivity contribution in [1.29, 1.82) is 0 Å². The molecule has 0 unspecified atom stereocenters. The molecule has 122 valence electrons. The van der Waals surface area contributed by atoms with Gasteiger partial charge in [-0.2, -0.15) is 5.10 Å². The van der Waals surface area contributed by atoms with Gasteiger partial charge in [0.15, 0.2) is 0 Å². The normalized spacial score (nSPS) is 10.5. The minimum absolute atomic E-state index is 0.129. The molecule has 1 aromatic carbocycles. The number of carbonyl (C=O) groups is 1. The summed E-state index contributed by atoms with van der Waals surface area (Å²) in [5.41, 5.74) is 1.18. The van der Waals surface area contributed by atoms with Crippen molar-refractivity contribution in [1.82, 2.24) is 14.8 Å². The predicted octanol–water partition coefficient (Wildman–Crippen LogP) is 1.83. The van der Waals surface area contributed by atoms with Gasteiger partial charge in [0.2, 0.25) is 17.2 Å². The fraction of sp³-hybridized carbons (Fsp3) is 0.176. The molecule has 2 aromatic heterocycles. The van der Waals surface area contributed by atoms with Crippen LogP contribution in [0.15, 0.2) is 53.6 Å². The zero-order valence-corrected chi connectivity index (χ0v) is 13.1. The van der Waals surface area contributed by atoms with Crippen molar-refractivity contribution in [3.05, 3.63) is 59.0 Å². The number of amides is 1. The van der Waals surface area contributed by atoms with Crippen LogP contribution in [-0.2, 0) is 11.3 Å². The highest BCUT2D eigenvalue weighted by Crippen LogP contribution is 2.12. The molecule has 0 atom stereocenters. The molecule has 0 spiro atoms. The van der Waals surface area contributed by atoms with Gasteiger partial charge < -0.3 is 10.1 Å². The molecular weight excluding hydrogens is 308 g/mol. The molecule has 3 rings (SSSR count). The van der Waals surface area contributed by atoms with E-state index in [0.717, 1.165) is 0 Å². The number of benzene rings is 1. The number of methoxy groups -OCH3 is 1. The molecule has 0 saturated carbocycles. The highest BCUT2D eigenvalue weighted by atomic mass is 16.5. The molecule has 0 saturated heterocycles. The summed E-state index contributed by atoms with van der Waals surface area (Å²) in [7, 11) is 1.53. The second-order valence-electron chi connectivity index (χ2n) is 5.14. The molecule has 1 amide bonds. The van der Waals surface area contributed by atoms with Gasteiger partial charge in [-0.25, -0.2) is 4.98 Å².